The minimum atomic E-state index is -0.345. The SMILES string of the molecule is CCN1CCCC1CN(C)c1c(N)cccc1C(=O)OC. The lowest BCUT2D eigenvalue weighted by molar-refractivity contribution is 0.0601. The van der Waals surface area contributed by atoms with Gasteiger partial charge in [-0.3, -0.25) is 4.90 Å². The minimum absolute atomic E-state index is 0.345. The number of carbonyl (C=O) groups excluding carboxylic acids is 1. The predicted molar refractivity (Wildman–Crippen MR) is 85.7 cm³/mol. The van der Waals surface area contributed by atoms with E-state index in [1.54, 1.807) is 12.1 Å². The quantitative estimate of drug-likeness (QED) is 0.664. The molecule has 116 valence electrons. The van der Waals surface area contributed by atoms with Gasteiger partial charge in [-0.15, -0.1) is 0 Å². The summed E-state index contributed by atoms with van der Waals surface area (Å²) >= 11 is 0. The Morgan fingerprint density at radius 2 is 2.29 bits per heavy atom. The Kier molecular flexibility index (Phi) is 5.07. The van der Waals surface area contributed by atoms with E-state index in [-0.39, 0.29) is 5.97 Å². The third-order valence-corrected chi connectivity index (χ3v) is 4.24. The number of para-hydroxylation sites is 1. The van der Waals surface area contributed by atoms with Crippen LogP contribution in [0, 0.1) is 0 Å². The lowest BCUT2D eigenvalue weighted by Crippen LogP contribution is -2.39. The van der Waals surface area contributed by atoms with Gasteiger partial charge in [0.1, 0.15) is 0 Å². The molecule has 21 heavy (non-hydrogen) atoms. The number of hydrogen-bond acceptors (Lipinski definition) is 5. The highest BCUT2D eigenvalue weighted by Crippen LogP contribution is 2.29. The van der Waals surface area contributed by atoms with Crippen molar-refractivity contribution in [2.24, 2.45) is 0 Å². The molecule has 1 atom stereocenters. The van der Waals surface area contributed by atoms with Crippen LogP contribution >= 0.6 is 0 Å². The first kappa shape index (κ1) is 15.6. The lowest BCUT2D eigenvalue weighted by atomic mass is 10.1. The van der Waals surface area contributed by atoms with Crippen molar-refractivity contribution in [3.05, 3.63) is 23.8 Å². The normalized spacial score (nSPS) is 18.7. The second-order valence-electron chi connectivity index (χ2n) is 5.54. The molecular formula is C16H25N3O2. The number of nitrogen functional groups attached to an aromatic ring is 1. The highest BCUT2D eigenvalue weighted by Gasteiger charge is 2.26. The number of benzene rings is 1. The molecule has 0 radical (unpaired) electrons. The molecule has 0 aliphatic carbocycles. The topological polar surface area (TPSA) is 58.8 Å². The summed E-state index contributed by atoms with van der Waals surface area (Å²) in [5, 5.41) is 0. The van der Waals surface area contributed by atoms with Crippen molar-refractivity contribution in [2.45, 2.75) is 25.8 Å². The molecule has 1 fully saturated rings. The summed E-state index contributed by atoms with van der Waals surface area (Å²) in [5.74, 6) is -0.345. The Labute approximate surface area is 126 Å². The number of ether oxygens (including phenoxy) is 1. The van der Waals surface area contributed by atoms with E-state index in [4.69, 9.17) is 10.5 Å². The van der Waals surface area contributed by atoms with Gasteiger partial charge in [0.2, 0.25) is 0 Å². The van der Waals surface area contributed by atoms with E-state index in [0.29, 0.717) is 17.3 Å². The molecule has 0 aromatic heterocycles. The van der Waals surface area contributed by atoms with Gasteiger partial charge in [-0.1, -0.05) is 13.0 Å². The van der Waals surface area contributed by atoms with Gasteiger partial charge >= 0.3 is 5.97 Å². The number of likely N-dealkylation sites (tertiary alicyclic amines) is 1. The maximum Gasteiger partial charge on any atom is 0.340 e. The van der Waals surface area contributed by atoms with Gasteiger partial charge in [-0.05, 0) is 38.1 Å². The summed E-state index contributed by atoms with van der Waals surface area (Å²) in [5.41, 5.74) is 8.00. The molecule has 1 aliphatic heterocycles. The molecule has 1 saturated heterocycles. The minimum Gasteiger partial charge on any atom is -0.465 e. The lowest BCUT2D eigenvalue weighted by Gasteiger charge is -2.30. The molecule has 0 spiro atoms. The van der Waals surface area contributed by atoms with Crippen LogP contribution in [-0.2, 0) is 4.74 Å². The number of esters is 1. The zero-order valence-corrected chi connectivity index (χ0v) is 13.1. The summed E-state index contributed by atoms with van der Waals surface area (Å²) in [4.78, 5) is 16.5. The summed E-state index contributed by atoms with van der Waals surface area (Å²) in [6, 6.07) is 5.89. The second kappa shape index (κ2) is 6.80. The maximum absolute atomic E-state index is 11.9. The standard InChI is InChI=1S/C16H25N3O2/c1-4-19-10-6-7-12(19)11-18(2)15-13(16(20)21-3)8-5-9-14(15)17/h5,8-9,12H,4,6-7,10-11,17H2,1-3H3. The average Bonchev–Trinajstić information content (AvgIpc) is 2.93. The first-order valence-corrected chi connectivity index (χ1v) is 7.50. The van der Waals surface area contributed by atoms with Crippen molar-refractivity contribution in [1.29, 1.82) is 0 Å². The van der Waals surface area contributed by atoms with E-state index in [2.05, 4.69) is 16.7 Å². The van der Waals surface area contributed by atoms with Crippen LogP contribution in [0.2, 0.25) is 0 Å². The van der Waals surface area contributed by atoms with E-state index < -0.39 is 0 Å². The molecule has 0 saturated carbocycles. The van der Waals surface area contributed by atoms with Crippen LogP contribution in [0.5, 0.6) is 0 Å². The van der Waals surface area contributed by atoms with Gasteiger partial charge in [0.15, 0.2) is 0 Å². The molecule has 1 aromatic rings. The van der Waals surface area contributed by atoms with Gasteiger partial charge in [-0.25, -0.2) is 4.79 Å². The third-order valence-electron chi connectivity index (χ3n) is 4.24. The number of likely N-dealkylation sites (N-methyl/N-ethyl adjacent to an activating group) is 2. The summed E-state index contributed by atoms with van der Waals surface area (Å²) in [7, 11) is 3.38. The zero-order chi connectivity index (χ0) is 15.4. The Morgan fingerprint density at radius 3 is 2.95 bits per heavy atom. The number of nitrogens with two attached hydrogens (primary N) is 1. The number of carbonyl (C=O) groups is 1. The molecule has 2 rings (SSSR count). The van der Waals surface area contributed by atoms with E-state index in [0.717, 1.165) is 25.3 Å². The number of anilines is 2. The molecule has 1 unspecified atom stereocenters. The van der Waals surface area contributed by atoms with Crippen LogP contribution < -0.4 is 10.6 Å². The summed E-state index contributed by atoms with van der Waals surface area (Å²) in [6.07, 6.45) is 2.43. The molecule has 0 amide bonds. The molecular weight excluding hydrogens is 266 g/mol. The fourth-order valence-corrected chi connectivity index (χ4v) is 3.19. The van der Waals surface area contributed by atoms with Crippen LogP contribution in [0.3, 0.4) is 0 Å². The summed E-state index contributed by atoms with van der Waals surface area (Å²) < 4.78 is 4.86. The van der Waals surface area contributed by atoms with Crippen molar-refractivity contribution in [3.63, 3.8) is 0 Å². The highest BCUT2D eigenvalue weighted by atomic mass is 16.5. The third kappa shape index (κ3) is 3.29. The van der Waals surface area contributed by atoms with Gasteiger partial charge in [-0.2, -0.15) is 0 Å². The first-order valence-electron chi connectivity index (χ1n) is 7.50. The molecule has 5 heteroatoms. The van der Waals surface area contributed by atoms with Gasteiger partial charge in [0.05, 0.1) is 24.0 Å². The fraction of sp³-hybridized carbons (Fsp3) is 0.562. The van der Waals surface area contributed by atoms with Crippen LogP contribution in [-0.4, -0.2) is 50.7 Å². The molecule has 1 heterocycles. The number of rotatable bonds is 5. The molecule has 5 nitrogen and oxygen atoms in total. The first-order chi connectivity index (χ1) is 10.1. The van der Waals surface area contributed by atoms with Crippen molar-refractivity contribution >= 4 is 17.3 Å². The molecule has 2 N–H and O–H groups in total. The van der Waals surface area contributed by atoms with Gasteiger partial charge in [0.25, 0.3) is 0 Å². The predicted octanol–water partition coefficient (Wildman–Crippen LogP) is 1.98. The van der Waals surface area contributed by atoms with Gasteiger partial charge < -0.3 is 15.4 Å². The van der Waals surface area contributed by atoms with Crippen molar-refractivity contribution in [3.8, 4) is 0 Å². The van der Waals surface area contributed by atoms with Gasteiger partial charge in [0, 0.05) is 19.6 Å². The number of nitrogens with zero attached hydrogens (tertiary/aromatic N) is 2. The van der Waals surface area contributed by atoms with Crippen LogP contribution in [0.15, 0.2) is 18.2 Å². The van der Waals surface area contributed by atoms with Crippen molar-refractivity contribution in [2.75, 3.05) is 44.4 Å². The Hall–Kier alpha value is -1.75. The highest BCUT2D eigenvalue weighted by molar-refractivity contribution is 5.99. The fourth-order valence-electron chi connectivity index (χ4n) is 3.19. The molecule has 1 aromatic carbocycles. The van der Waals surface area contributed by atoms with Crippen molar-refractivity contribution in [1.82, 2.24) is 4.90 Å². The van der Waals surface area contributed by atoms with Crippen LogP contribution in [0.25, 0.3) is 0 Å². The zero-order valence-electron chi connectivity index (χ0n) is 13.1. The smallest absolute Gasteiger partial charge is 0.340 e. The van der Waals surface area contributed by atoms with Crippen LogP contribution in [0.1, 0.15) is 30.1 Å². The largest absolute Gasteiger partial charge is 0.465 e. The number of hydrogen-bond donors (Lipinski definition) is 1. The maximum atomic E-state index is 11.9. The Balaban J connectivity index is 2.22. The van der Waals surface area contributed by atoms with E-state index in [1.807, 2.05) is 13.1 Å². The van der Waals surface area contributed by atoms with E-state index in [1.165, 1.54) is 20.0 Å². The van der Waals surface area contributed by atoms with Crippen LogP contribution in [0.4, 0.5) is 11.4 Å². The molecule has 0 bridgehead atoms. The van der Waals surface area contributed by atoms with E-state index >= 15 is 0 Å². The second-order valence-corrected chi connectivity index (χ2v) is 5.54. The Morgan fingerprint density at radius 1 is 1.52 bits per heavy atom. The van der Waals surface area contributed by atoms with E-state index in [9.17, 15) is 4.79 Å². The average molecular weight is 291 g/mol. The van der Waals surface area contributed by atoms with Crippen molar-refractivity contribution < 1.29 is 9.53 Å². The number of methoxy groups -OCH3 is 1. The Bertz CT molecular complexity index is 504. The summed E-state index contributed by atoms with van der Waals surface area (Å²) in [6.45, 7) is 5.27. The monoisotopic (exact) mass is 291 g/mol. The molecule has 1 aliphatic rings.